The molecule has 1 rings (SSSR count). The van der Waals surface area contributed by atoms with Crippen molar-refractivity contribution in [3.8, 4) is 0 Å². The fraction of sp³-hybridized carbons (Fsp3) is 0.400. The van der Waals surface area contributed by atoms with Crippen LogP contribution in [0, 0.1) is 0 Å². The first-order valence-corrected chi connectivity index (χ1v) is 6.11. The number of nitrogens with zero attached hydrogens (tertiary/aromatic N) is 1. The van der Waals surface area contributed by atoms with Gasteiger partial charge in [0.15, 0.2) is 0 Å². The maximum Gasteiger partial charge on any atom is 0.227 e. The lowest BCUT2D eigenvalue weighted by Gasteiger charge is -2.29. The molecule has 0 atom stereocenters. The number of amides is 1. The molecule has 0 saturated heterocycles. The minimum atomic E-state index is 0.212. The van der Waals surface area contributed by atoms with Crippen molar-refractivity contribution in [3.63, 3.8) is 0 Å². The van der Waals surface area contributed by atoms with Crippen LogP contribution in [-0.2, 0) is 4.79 Å². The molecular weight excluding hydrogens is 210 g/mol. The summed E-state index contributed by atoms with van der Waals surface area (Å²) in [5.74, 6) is 0.212. The molecule has 0 aromatic heterocycles. The second-order valence-electron chi connectivity index (χ2n) is 4.21. The Bertz CT molecular complexity index is 363. The van der Waals surface area contributed by atoms with E-state index in [-0.39, 0.29) is 5.91 Å². The summed E-state index contributed by atoms with van der Waals surface area (Å²) in [7, 11) is 0. The highest BCUT2D eigenvalue weighted by Crippen LogP contribution is 2.23. The lowest BCUT2D eigenvalue weighted by Crippen LogP contribution is -2.36. The molecule has 2 heteroatoms. The first-order chi connectivity index (χ1) is 8.22. The fourth-order valence-corrected chi connectivity index (χ4v) is 2.04. The largest absolute Gasteiger partial charge is 0.334 e. The third-order valence-corrected chi connectivity index (χ3v) is 2.87. The molecular formula is C15H21NO. The lowest BCUT2D eigenvalue weighted by molar-refractivity contribution is -0.130. The van der Waals surface area contributed by atoms with Crippen LogP contribution in [-0.4, -0.2) is 23.9 Å². The van der Waals surface area contributed by atoms with E-state index in [1.165, 1.54) is 11.1 Å². The van der Waals surface area contributed by atoms with E-state index >= 15 is 0 Å². The van der Waals surface area contributed by atoms with E-state index in [0.717, 1.165) is 12.8 Å². The van der Waals surface area contributed by atoms with E-state index in [0.29, 0.717) is 19.5 Å². The Labute approximate surface area is 104 Å². The molecule has 0 N–H and O–H groups in total. The first kappa shape index (κ1) is 13.5. The van der Waals surface area contributed by atoms with Gasteiger partial charge in [-0.1, -0.05) is 49.8 Å². The second-order valence-corrected chi connectivity index (χ2v) is 4.21. The van der Waals surface area contributed by atoms with Gasteiger partial charge < -0.3 is 4.90 Å². The Morgan fingerprint density at radius 3 is 2.76 bits per heavy atom. The average Bonchev–Trinajstić information content (AvgIpc) is 2.31. The van der Waals surface area contributed by atoms with Gasteiger partial charge in [0.05, 0.1) is 0 Å². The van der Waals surface area contributed by atoms with Crippen molar-refractivity contribution in [1.29, 1.82) is 0 Å². The highest BCUT2D eigenvalue weighted by atomic mass is 16.2. The Balaban J connectivity index is 2.91. The smallest absolute Gasteiger partial charge is 0.227 e. The Morgan fingerprint density at radius 1 is 1.41 bits per heavy atom. The summed E-state index contributed by atoms with van der Waals surface area (Å²) < 4.78 is 0. The zero-order chi connectivity index (χ0) is 12.7. The molecule has 0 fully saturated rings. The van der Waals surface area contributed by atoms with Crippen molar-refractivity contribution in [1.82, 2.24) is 4.90 Å². The molecule has 0 radical (unpaired) electrons. The molecule has 17 heavy (non-hydrogen) atoms. The van der Waals surface area contributed by atoms with Crippen LogP contribution in [0.2, 0.25) is 0 Å². The molecule has 0 aromatic carbocycles. The van der Waals surface area contributed by atoms with Crippen LogP contribution in [0.3, 0.4) is 0 Å². The van der Waals surface area contributed by atoms with Crippen LogP contribution in [0.1, 0.15) is 26.2 Å². The Morgan fingerprint density at radius 2 is 2.18 bits per heavy atom. The molecule has 2 nitrogen and oxygen atoms in total. The maximum atomic E-state index is 11.9. The van der Waals surface area contributed by atoms with Crippen molar-refractivity contribution in [2.45, 2.75) is 26.2 Å². The predicted octanol–water partition coefficient (Wildman–Crippen LogP) is 3.24. The van der Waals surface area contributed by atoms with Crippen LogP contribution in [0.4, 0.5) is 0 Å². The SMILES string of the molecule is C=C/C=C\C1=C(CCC)CC(=O)N(CC=C)C1. The van der Waals surface area contributed by atoms with Crippen molar-refractivity contribution < 1.29 is 4.79 Å². The molecule has 0 aliphatic carbocycles. The van der Waals surface area contributed by atoms with Gasteiger partial charge >= 0.3 is 0 Å². The molecule has 0 spiro atoms. The molecule has 1 heterocycles. The van der Waals surface area contributed by atoms with E-state index < -0.39 is 0 Å². The van der Waals surface area contributed by atoms with Crippen molar-refractivity contribution >= 4 is 5.91 Å². The summed E-state index contributed by atoms with van der Waals surface area (Å²) in [6.45, 7) is 10.8. The zero-order valence-electron chi connectivity index (χ0n) is 10.6. The van der Waals surface area contributed by atoms with Gasteiger partial charge in [-0.05, 0) is 12.0 Å². The third-order valence-electron chi connectivity index (χ3n) is 2.87. The topological polar surface area (TPSA) is 20.3 Å². The minimum Gasteiger partial charge on any atom is -0.334 e. The van der Waals surface area contributed by atoms with Crippen molar-refractivity contribution in [2.24, 2.45) is 0 Å². The Hall–Kier alpha value is -1.57. The minimum absolute atomic E-state index is 0.212. The monoisotopic (exact) mass is 231 g/mol. The summed E-state index contributed by atoms with van der Waals surface area (Å²) in [6.07, 6.45) is 10.2. The van der Waals surface area contributed by atoms with E-state index in [2.05, 4.69) is 26.2 Å². The van der Waals surface area contributed by atoms with Gasteiger partial charge in [0.25, 0.3) is 0 Å². The van der Waals surface area contributed by atoms with Gasteiger partial charge in [0, 0.05) is 19.5 Å². The molecule has 1 aliphatic heterocycles. The van der Waals surface area contributed by atoms with Gasteiger partial charge in [-0.2, -0.15) is 0 Å². The number of rotatable bonds is 6. The van der Waals surface area contributed by atoms with Crippen molar-refractivity contribution in [2.75, 3.05) is 13.1 Å². The summed E-state index contributed by atoms with van der Waals surface area (Å²) >= 11 is 0. The third kappa shape index (κ3) is 3.74. The van der Waals surface area contributed by atoms with E-state index in [4.69, 9.17) is 0 Å². The van der Waals surface area contributed by atoms with E-state index in [1.807, 2.05) is 11.0 Å². The van der Waals surface area contributed by atoms with Gasteiger partial charge in [0.1, 0.15) is 0 Å². The summed E-state index contributed by atoms with van der Waals surface area (Å²) in [6, 6.07) is 0. The molecule has 1 aliphatic rings. The summed E-state index contributed by atoms with van der Waals surface area (Å²) in [4.78, 5) is 13.7. The van der Waals surface area contributed by atoms with Crippen LogP contribution < -0.4 is 0 Å². The Kier molecular flexibility index (Phi) is 5.47. The first-order valence-electron chi connectivity index (χ1n) is 6.11. The van der Waals surface area contributed by atoms with Gasteiger partial charge in [-0.15, -0.1) is 6.58 Å². The zero-order valence-corrected chi connectivity index (χ0v) is 10.6. The summed E-state index contributed by atoms with van der Waals surface area (Å²) in [5, 5.41) is 0. The second kappa shape index (κ2) is 6.89. The molecule has 92 valence electrons. The van der Waals surface area contributed by atoms with Crippen LogP contribution in [0.25, 0.3) is 0 Å². The normalized spacial score (nSPS) is 16.8. The molecule has 1 amide bonds. The quantitative estimate of drug-likeness (QED) is 0.507. The fourth-order valence-electron chi connectivity index (χ4n) is 2.04. The molecule has 0 aromatic rings. The van der Waals surface area contributed by atoms with E-state index in [9.17, 15) is 4.79 Å². The van der Waals surface area contributed by atoms with Gasteiger partial charge in [-0.3, -0.25) is 4.79 Å². The van der Waals surface area contributed by atoms with Crippen LogP contribution in [0.15, 0.2) is 48.6 Å². The highest BCUT2D eigenvalue weighted by Gasteiger charge is 2.22. The van der Waals surface area contributed by atoms with Crippen LogP contribution in [0.5, 0.6) is 0 Å². The number of hydrogen-bond acceptors (Lipinski definition) is 1. The maximum absolute atomic E-state index is 11.9. The molecule has 0 unspecified atom stereocenters. The number of carbonyl (C=O) groups is 1. The average molecular weight is 231 g/mol. The number of carbonyl (C=O) groups excluding carboxylic acids is 1. The predicted molar refractivity (Wildman–Crippen MR) is 72.7 cm³/mol. The molecule has 0 bridgehead atoms. The van der Waals surface area contributed by atoms with E-state index in [1.54, 1.807) is 12.2 Å². The standard InChI is InChI=1S/C15H21NO/c1-4-7-9-14-12-16(10-6-3)15(17)11-13(14)8-5-2/h4,6-7,9H,1,3,5,8,10-12H2,2H3/b9-7-. The number of allylic oxidation sites excluding steroid dienone is 2. The van der Waals surface area contributed by atoms with Crippen molar-refractivity contribution in [3.05, 3.63) is 48.6 Å². The number of hydrogen-bond donors (Lipinski definition) is 0. The summed E-state index contributed by atoms with van der Waals surface area (Å²) in [5.41, 5.74) is 2.53. The lowest BCUT2D eigenvalue weighted by atomic mass is 9.95. The van der Waals surface area contributed by atoms with Gasteiger partial charge in [0.2, 0.25) is 5.91 Å². The highest BCUT2D eigenvalue weighted by molar-refractivity contribution is 5.81. The van der Waals surface area contributed by atoms with Gasteiger partial charge in [-0.25, -0.2) is 0 Å². The molecule has 0 saturated carbocycles. The van der Waals surface area contributed by atoms with Crippen LogP contribution >= 0.6 is 0 Å².